The molecule has 3 rings (SSSR count). The van der Waals surface area contributed by atoms with Crippen molar-refractivity contribution in [2.24, 2.45) is 0 Å². The van der Waals surface area contributed by atoms with Crippen LogP contribution in [0.1, 0.15) is 24.6 Å². The largest absolute Gasteiger partial charge is 0.332 e. The van der Waals surface area contributed by atoms with E-state index in [1.807, 2.05) is 23.4 Å². The van der Waals surface area contributed by atoms with Crippen molar-refractivity contribution in [1.82, 2.24) is 24.6 Å². The molecule has 0 saturated carbocycles. The lowest BCUT2D eigenvalue weighted by Crippen LogP contribution is -2.28. The highest BCUT2D eigenvalue weighted by atomic mass is 15.3. The van der Waals surface area contributed by atoms with Crippen LogP contribution in [-0.2, 0) is 18.5 Å². The van der Waals surface area contributed by atoms with Crippen molar-refractivity contribution in [1.29, 1.82) is 0 Å². The lowest BCUT2D eigenvalue weighted by atomic mass is 9.86. The minimum atomic E-state index is 0.219. The number of aromatic nitrogens is 4. The van der Waals surface area contributed by atoms with Gasteiger partial charge in [-0.15, -0.1) is 0 Å². The molecule has 1 aliphatic rings. The molecule has 102 valence electrons. The van der Waals surface area contributed by atoms with Crippen LogP contribution in [0.15, 0.2) is 24.9 Å². The van der Waals surface area contributed by atoms with Gasteiger partial charge in [0.1, 0.15) is 0 Å². The maximum Gasteiger partial charge on any atom is 0.0949 e. The second-order valence-electron chi connectivity index (χ2n) is 5.74. The molecule has 0 aromatic carbocycles. The van der Waals surface area contributed by atoms with Gasteiger partial charge < -0.3 is 9.88 Å². The normalized spacial score (nSPS) is 23.1. The first kappa shape index (κ1) is 12.4. The zero-order valence-electron chi connectivity index (χ0n) is 11.6. The second-order valence-corrected chi connectivity index (χ2v) is 5.74. The Bertz CT molecular complexity index is 548. The highest BCUT2D eigenvalue weighted by molar-refractivity contribution is 5.17. The van der Waals surface area contributed by atoms with Gasteiger partial charge in [0.25, 0.3) is 0 Å². The first-order valence-electron chi connectivity index (χ1n) is 6.88. The Morgan fingerprint density at radius 2 is 2.26 bits per heavy atom. The van der Waals surface area contributed by atoms with Crippen molar-refractivity contribution in [2.45, 2.75) is 38.8 Å². The van der Waals surface area contributed by atoms with E-state index >= 15 is 0 Å². The van der Waals surface area contributed by atoms with Gasteiger partial charge in [-0.3, -0.25) is 4.68 Å². The SMILES string of the molecule is Cc1cnn(CCn2cncc2C2(C)CCNC2)c1. The van der Waals surface area contributed by atoms with E-state index in [1.165, 1.54) is 17.7 Å². The third-order valence-corrected chi connectivity index (χ3v) is 4.03. The fourth-order valence-electron chi connectivity index (χ4n) is 2.84. The van der Waals surface area contributed by atoms with E-state index in [9.17, 15) is 0 Å². The van der Waals surface area contributed by atoms with E-state index in [2.05, 4.69) is 40.0 Å². The van der Waals surface area contributed by atoms with Crippen LogP contribution >= 0.6 is 0 Å². The molecule has 1 N–H and O–H groups in total. The van der Waals surface area contributed by atoms with Gasteiger partial charge in [-0.1, -0.05) is 6.92 Å². The standard InChI is InChI=1S/C14H21N5/c1-12-7-17-19(9-12)6-5-18-11-16-8-13(18)14(2)3-4-15-10-14/h7-9,11,15H,3-6,10H2,1-2H3. The van der Waals surface area contributed by atoms with Gasteiger partial charge in [0, 0.05) is 36.6 Å². The number of nitrogens with zero attached hydrogens (tertiary/aromatic N) is 4. The smallest absolute Gasteiger partial charge is 0.0949 e. The molecule has 19 heavy (non-hydrogen) atoms. The summed E-state index contributed by atoms with van der Waals surface area (Å²) in [4.78, 5) is 4.33. The summed E-state index contributed by atoms with van der Waals surface area (Å²) >= 11 is 0. The number of imidazole rings is 1. The summed E-state index contributed by atoms with van der Waals surface area (Å²) in [7, 11) is 0. The predicted octanol–water partition coefficient (Wildman–Crippen LogP) is 1.34. The van der Waals surface area contributed by atoms with Crippen molar-refractivity contribution in [2.75, 3.05) is 13.1 Å². The van der Waals surface area contributed by atoms with Crippen LogP contribution in [0.3, 0.4) is 0 Å². The fourth-order valence-corrected chi connectivity index (χ4v) is 2.84. The lowest BCUT2D eigenvalue weighted by molar-refractivity contribution is 0.449. The topological polar surface area (TPSA) is 47.7 Å². The zero-order valence-corrected chi connectivity index (χ0v) is 11.6. The molecule has 5 nitrogen and oxygen atoms in total. The molecule has 1 fully saturated rings. The van der Waals surface area contributed by atoms with Crippen LogP contribution in [0.2, 0.25) is 0 Å². The van der Waals surface area contributed by atoms with Crippen molar-refractivity contribution in [3.05, 3.63) is 36.2 Å². The van der Waals surface area contributed by atoms with Crippen molar-refractivity contribution < 1.29 is 0 Å². The molecule has 3 heterocycles. The van der Waals surface area contributed by atoms with Gasteiger partial charge in [-0.25, -0.2) is 4.98 Å². The molecule has 0 aliphatic carbocycles. The van der Waals surface area contributed by atoms with E-state index in [1.54, 1.807) is 0 Å². The Balaban J connectivity index is 1.73. The highest BCUT2D eigenvalue weighted by Gasteiger charge is 2.33. The van der Waals surface area contributed by atoms with E-state index < -0.39 is 0 Å². The summed E-state index contributed by atoms with van der Waals surface area (Å²) in [5.74, 6) is 0. The molecule has 5 heteroatoms. The van der Waals surface area contributed by atoms with Gasteiger partial charge in [-0.05, 0) is 25.5 Å². The maximum absolute atomic E-state index is 4.33. The number of hydrogen-bond donors (Lipinski definition) is 1. The van der Waals surface area contributed by atoms with Crippen LogP contribution in [0.5, 0.6) is 0 Å². The van der Waals surface area contributed by atoms with Crippen LogP contribution in [0.4, 0.5) is 0 Å². The lowest BCUT2D eigenvalue weighted by Gasteiger charge is -2.24. The molecule has 2 aromatic heterocycles. The number of aryl methyl sites for hydroxylation is 3. The van der Waals surface area contributed by atoms with Gasteiger partial charge >= 0.3 is 0 Å². The first-order valence-corrected chi connectivity index (χ1v) is 6.88. The Hall–Kier alpha value is -1.62. The monoisotopic (exact) mass is 259 g/mol. The zero-order chi connectivity index (χ0) is 13.3. The van der Waals surface area contributed by atoms with Crippen LogP contribution in [-0.4, -0.2) is 32.4 Å². The maximum atomic E-state index is 4.33. The molecular formula is C14H21N5. The first-order chi connectivity index (χ1) is 9.17. The van der Waals surface area contributed by atoms with E-state index in [-0.39, 0.29) is 5.41 Å². The van der Waals surface area contributed by atoms with Crippen molar-refractivity contribution in [3.63, 3.8) is 0 Å². The average Bonchev–Trinajstić information content (AvgIpc) is 3.07. The Morgan fingerprint density at radius 1 is 1.37 bits per heavy atom. The van der Waals surface area contributed by atoms with Gasteiger partial charge in [0.2, 0.25) is 0 Å². The third kappa shape index (κ3) is 2.42. The molecule has 1 saturated heterocycles. The predicted molar refractivity (Wildman–Crippen MR) is 74.0 cm³/mol. The molecular weight excluding hydrogens is 238 g/mol. The van der Waals surface area contributed by atoms with Crippen LogP contribution in [0.25, 0.3) is 0 Å². The highest BCUT2D eigenvalue weighted by Crippen LogP contribution is 2.29. The summed E-state index contributed by atoms with van der Waals surface area (Å²) in [5.41, 5.74) is 2.76. The van der Waals surface area contributed by atoms with E-state index in [0.717, 1.165) is 26.2 Å². The molecule has 0 bridgehead atoms. The summed E-state index contributed by atoms with van der Waals surface area (Å²) in [6.45, 7) is 8.34. The summed E-state index contributed by atoms with van der Waals surface area (Å²) in [5, 5.41) is 7.78. The van der Waals surface area contributed by atoms with Crippen LogP contribution in [0, 0.1) is 6.92 Å². The number of hydrogen-bond acceptors (Lipinski definition) is 3. The summed E-state index contributed by atoms with van der Waals surface area (Å²) < 4.78 is 4.26. The second kappa shape index (κ2) is 4.81. The van der Waals surface area contributed by atoms with Gasteiger partial charge in [0.15, 0.2) is 0 Å². The average molecular weight is 259 g/mol. The summed E-state index contributed by atoms with van der Waals surface area (Å²) in [6, 6.07) is 0. The molecule has 2 aromatic rings. The Labute approximate surface area is 113 Å². The molecule has 0 spiro atoms. The third-order valence-electron chi connectivity index (χ3n) is 4.03. The quantitative estimate of drug-likeness (QED) is 0.901. The molecule has 1 atom stereocenters. The molecule has 0 radical (unpaired) electrons. The Kier molecular flexibility index (Phi) is 3.14. The van der Waals surface area contributed by atoms with Gasteiger partial charge in [-0.2, -0.15) is 5.10 Å². The number of nitrogens with one attached hydrogen (secondary N) is 1. The van der Waals surface area contributed by atoms with E-state index in [4.69, 9.17) is 0 Å². The summed E-state index contributed by atoms with van der Waals surface area (Å²) in [6.07, 6.45) is 9.11. The van der Waals surface area contributed by atoms with Crippen molar-refractivity contribution in [3.8, 4) is 0 Å². The minimum absolute atomic E-state index is 0.219. The van der Waals surface area contributed by atoms with E-state index in [0.29, 0.717) is 0 Å². The van der Waals surface area contributed by atoms with Crippen LogP contribution < -0.4 is 5.32 Å². The number of rotatable bonds is 4. The molecule has 1 unspecified atom stereocenters. The molecule has 0 amide bonds. The molecule has 1 aliphatic heterocycles. The van der Waals surface area contributed by atoms with Crippen molar-refractivity contribution >= 4 is 0 Å². The van der Waals surface area contributed by atoms with Gasteiger partial charge in [0.05, 0.1) is 19.1 Å². The minimum Gasteiger partial charge on any atom is -0.332 e. The fraction of sp³-hybridized carbons (Fsp3) is 0.571. The Morgan fingerprint density at radius 3 is 2.95 bits per heavy atom.